The second-order valence-corrected chi connectivity index (χ2v) is 11.6. The maximum Gasteiger partial charge on any atom is 0.145 e. The van der Waals surface area contributed by atoms with Gasteiger partial charge in [0.1, 0.15) is 5.82 Å². The SMILES string of the molecule is c1ccc(-n2c(-c3cccc(-c4ccc5cc(-c6ccc7nc(-c8ccccn8)ccc7c6)ccc5n4)c3)nc3ccccc32)cc1. The van der Waals surface area contributed by atoms with Gasteiger partial charge in [-0.15, -0.1) is 0 Å². The molecule has 0 aliphatic rings. The van der Waals surface area contributed by atoms with Gasteiger partial charge in [-0.3, -0.25) is 9.55 Å². The minimum Gasteiger partial charge on any atom is -0.292 e. The van der Waals surface area contributed by atoms with Gasteiger partial charge >= 0.3 is 0 Å². The van der Waals surface area contributed by atoms with E-state index in [1.807, 2.05) is 36.4 Å². The zero-order valence-electron chi connectivity index (χ0n) is 25.3. The van der Waals surface area contributed by atoms with Crippen LogP contribution in [0.1, 0.15) is 0 Å². The van der Waals surface area contributed by atoms with E-state index in [1.54, 1.807) is 6.20 Å². The van der Waals surface area contributed by atoms with Crippen molar-refractivity contribution in [1.29, 1.82) is 0 Å². The number of aromatic nitrogens is 5. The first-order valence-corrected chi connectivity index (χ1v) is 15.6. The molecule has 9 aromatic rings. The third kappa shape index (κ3) is 4.91. The van der Waals surface area contributed by atoms with Crippen LogP contribution in [0.3, 0.4) is 0 Å². The van der Waals surface area contributed by atoms with Gasteiger partial charge in [0.25, 0.3) is 0 Å². The predicted molar refractivity (Wildman–Crippen MR) is 191 cm³/mol. The van der Waals surface area contributed by atoms with E-state index in [9.17, 15) is 0 Å². The summed E-state index contributed by atoms with van der Waals surface area (Å²) in [6.45, 7) is 0. The van der Waals surface area contributed by atoms with Crippen molar-refractivity contribution in [2.45, 2.75) is 0 Å². The first-order valence-electron chi connectivity index (χ1n) is 15.6. The Labute approximate surface area is 271 Å². The molecule has 0 N–H and O–H groups in total. The minimum absolute atomic E-state index is 0.874. The Morgan fingerprint density at radius 1 is 0.383 bits per heavy atom. The molecule has 0 unspecified atom stereocenters. The van der Waals surface area contributed by atoms with Crippen molar-refractivity contribution >= 4 is 32.8 Å². The lowest BCUT2D eigenvalue weighted by Gasteiger charge is -2.11. The molecule has 5 heteroatoms. The maximum absolute atomic E-state index is 5.08. The highest BCUT2D eigenvalue weighted by Gasteiger charge is 2.15. The summed E-state index contributed by atoms with van der Waals surface area (Å²) in [5, 5.41) is 2.19. The van der Waals surface area contributed by atoms with Gasteiger partial charge in [0, 0.05) is 33.8 Å². The van der Waals surface area contributed by atoms with Crippen molar-refractivity contribution < 1.29 is 0 Å². The number of hydrogen-bond acceptors (Lipinski definition) is 4. The molecule has 0 saturated heterocycles. The largest absolute Gasteiger partial charge is 0.292 e. The molecule has 0 amide bonds. The van der Waals surface area contributed by atoms with Gasteiger partial charge < -0.3 is 0 Å². The maximum atomic E-state index is 5.08. The fourth-order valence-corrected chi connectivity index (χ4v) is 6.30. The molecule has 5 aromatic carbocycles. The fourth-order valence-electron chi connectivity index (χ4n) is 6.30. The molecule has 0 fully saturated rings. The van der Waals surface area contributed by atoms with E-state index in [1.165, 1.54) is 0 Å². The van der Waals surface area contributed by atoms with Gasteiger partial charge in [-0.2, -0.15) is 0 Å². The number of pyridine rings is 3. The number of rotatable bonds is 5. The Balaban J connectivity index is 1.05. The van der Waals surface area contributed by atoms with Crippen LogP contribution in [0.15, 0.2) is 164 Å². The topological polar surface area (TPSA) is 56.5 Å². The molecule has 0 bridgehead atoms. The predicted octanol–water partition coefficient (Wildman–Crippen LogP) is 10.2. The quantitative estimate of drug-likeness (QED) is 0.197. The van der Waals surface area contributed by atoms with Crippen molar-refractivity contribution in [1.82, 2.24) is 24.5 Å². The number of fused-ring (bicyclic) bond motifs is 3. The van der Waals surface area contributed by atoms with E-state index in [2.05, 4.69) is 131 Å². The van der Waals surface area contributed by atoms with E-state index in [0.717, 1.165) is 83.7 Å². The number of benzene rings is 5. The van der Waals surface area contributed by atoms with E-state index in [0.29, 0.717) is 0 Å². The van der Waals surface area contributed by atoms with Gasteiger partial charge in [-0.05, 0) is 90.0 Å². The molecule has 5 nitrogen and oxygen atoms in total. The minimum atomic E-state index is 0.874. The van der Waals surface area contributed by atoms with Crippen molar-refractivity contribution in [3.05, 3.63) is 164 Å². The molecule has 0 saturated carbocycles. The summed E-state index contributed by atoms with van der Waals surface area (Å²) in [5.74, 6) is 0.906. The Hall–Kier alpha value is -6.46. The molecule has 0 atom stereocenters. The second-order valence-electron chi connectivity index (χ2n) is 11.6. The standard InChI is InChI=1S/C42H27N5/c1-2-11-34(12-3-1)47-41-15-5-4-14-40(41)46-42(47)33-10-8-9-30(27-33)35-22-18-31-25-28(16-20-36(31)44-35)29-17-21-37-32(26-29)19-23-39(45-37)38-13-6-7-24-43-38/h1-27H. The van der Waals surface area contributed by atoms with Crippen molar-refractivity contribution in [3.8, 4) is 50.8 Å². The van der Waals surface area contributed by atoms with Gasteiger partial charge in [0.05, 0.1) is 39.1 Å². The Kier molecular flexibility index (Phi) is 6.39. The first kappa shape index (κ1) is 26.9. The third-order valence-electron chi connectivity index (χ3n) is 8.63. The molecule has 0 radical (unpaired) electrons. The highest BCUT2D eigenvalue weighted by atomic mass is 15.1. The lowest BCUT2D eigenvalue weighted by Crippen LogP contribution is -1.97. The third-order valence-corrected chi connectivity index (χ3v) is 8.63. The normalized spacial score (nSPS) is 11.4. The zero-order chi connectivity index (χ0) is 31.2. The highest BCUT2D eigenvalue weighted by molar-refractivity contribution is 5.91. The van der Waals surface area contributed by atoms with Crippen molar-refractivity contribution in [3.63, 3.8) is 0 Å². The van der Waals surface area contributed by atoms with E-state index in [-0.39, 0.29) is 0 Å². The molecule has 0 spiro atoms. The monoisotopic (exact) mass is 601 g/mol. The van der Waals surface area contributed by atoms with Crippen LogP contribution in [0.2, 0.25) is 0 Å². The van der Waals surface area contributed by atoms with Crippen molar-refractivity contribution in [2.24, 2.45) is 0 Å². The number of hydrogen-bond donors (Lipinski definition) is 0. The lowest BCUT2D eigenvalue weighted by molar-refractivity contribution is 1.10. The van der Waals surface area contributed by atoms with E-state index >= 15 is 0 Å². The number of para-hydroxylation sites is 3. The smallest absolute Gasteiger partial charge is 0.145 e. The molecule has 47 heavy (non-hydrogen) atoms. The van der Waals surface area contributed by atoms with Crippen LogP contribution in [-0.4, -0.2) is 24.5 Å². The molecule has 4 heterocycles. The Morgan fingerprint density at radius 2 is 1.06 bits per heavy atom. The van der Waals surface area contributed by atoms with E-state index in [4.69, 9.17) is 15.0 Å². The number of nitrogens with zero attached hydrogens (tertiary/aromatic N) is 5. The molecule has 4 aromatic heterocycles. The molecule has 220 valence electrons. The van der Waals surface area contributed by atoms with Gasteiger partial charge in [-0.25, -0.2) is 15.0 Å². The van der Waals surface area contributed by atoms with Gasteiger partial charge in [-0.1, -0.05) is 78.9 Å². The average molecular weight is 602 g/mol. The van der Waals surface area contributed by atoms with Crippen LogP contribution in [0.4, 0.5) is 0 Å². The molecule has 0 aliphatic carbocycles. The summed E-state index contributed by atoms with van der Waals surface area (Å²) < 4.78 is 2.23. The van der Waals surface area contributed by atoms with Crippen LogP contribution in [0, 0.1) is 0 Å². The number of imidazole rings is 1. The summed E-state index contributed by atoms with van der Waals surface area (Å²) in [6.07, 6.45) is 1.80. The summed E-state index contributed by atoms with van der Waals surface area (Å²) in [6, 6.07) is 54.4. The summed E-state index contributed by atoms with van der Waals surface area (Å²) in [5.41, 5.74) is 12.1. The van der Waals surface area contributed by atoms with Gasteiger partial charge in [0.15, 0.2) is 0 Å². The summed E-state index contributed by atoms with van der Waals surface area (Å²) in [4.78, 5) is 19.4. The van der Waals surface area contributed by atoms with Crippen LogP contribution in [0.5, 0.6) is 0 Å². The highest BCUT2D eigenvalue weighted by Crippen LogP contribution is 2.33. The van der Waals surface area contributed by atoms with Crippen LogP contribution < -0.4 is 0 Å². The van der Waals surface area contributed by atoms with Crippen LogP contribution in [-0.2, 0) is 0 Å². The van der Waals surface area contributed by atoms with Crippen LogP contribution >= 0.6 is 0 Å². The van der Waals surface area contributed by atoms with Gasteiger partial charge in [0.2, 0.25) is 0 Å². The Bertz CT molecular complexity index is 2570. The fraction of sp³-hybridized carbons (Fsp3) is 0. The average Bonchev–Trinajstić information content (AvgIpc) is 3.55. The molecule has 0 aliphatic heterocycles. The Morgan fingerprint density at radius 3 is 1.83 bits per heavy atom. The molecular weight excluding hydrogens is 574 g/mol. The first-order chi connectivity index (χ1) is 23.3. The van der Waals surface area contributed by atoms with E-state index < -0.39 is 0 Å². The lowest BCUT2D eigenvalue weighted by atomic mass is 10.0. The van der Waals surface area contributed by atoms with Crippen molar-refractivity contribution in [2.75, 3.05) is 0 Å². The molecular formula is C42H27N5. The second kappa shape index (κ2) is 11.2. The zero-order valence-corrected chi connectivity index (χ0v) is 25.3. The molecule has 9 rings (SSSR count). The van der Waals surface area contributed by atoms with Crippen LogP contribution in [0.25, 0.3) is 83.7 Å². The summed E-state index contributed by atoms with van der Waals surface area (Å²) in [7, 11) is 0. The summed E-state index contributed by atoms with van der Waals surface area (Å²) >= 11 is 0.